The molecule has 2 rings (SSSR count). The van der Waals surface area contributed by atoms with E-state index >= 15 is 0 Å². The topological polar surface area (TPSA) is 44.9 Å². The Morgan fingerprint density at radius 1 is 1.55 bits per heavy atom. The van der Waals surface area contributed by atoms with Crippen LogP contribution in [0.1, 0.15) is 0 Å². The van der Waals surface area contributed by atoms with Gasteiger partial charge in [-0.1, -0.05) is 6.08 Å². The minimum atomic E-state index is 0.181. The van der Waals surface area contributed by atoms with Crippen LogP contribution in [0.2, 0.25) is 0 Å². The second-order valence-corrected chi connectivity index (χ2v) is 2.58. The van der Waals surface area contributed by atoms with Crippen molar-refractivity contribution in [1.82, 2.24) is 9.91 Å². The number of hydrogen-bond donors (Lipinski definition) is 1. The molecule has 0 saturated carbocycles. The first-order chi connectivity index (χ1) is 5.29. The minimum Gasteiger partial charge on any atom is -0.368 e. The van der Waals surface area contributed by atoms with Gasteiger partial charge in [0.15, 0.2) is 0 Å². The van der Waals surface area contributed by atoms with E-state index in [2.05, 4.69) is 5.10 Å². The van der Waals surface area contributed by atoms with Gasteiger partial charge in [0.2, 0.25) is 5.96 Å². The zero-order valence-corrected chi connectivity index (χ0v) is 6.31. The third-order valence-electron chi connectivity index (χ3n) is 1.83. The van der Waals surface area contributed by atoms with Crippen LogP contribution in [0, 0.1) is 0 Å². The molecule has 0 unspecified atom stereocenters. The molecule has 0 aromatic rings. The lowest BCUT2D eigenvalue weighted by Gasteiger charge is -2.24. The van der Waals surface area contributed by atoms with Crippen LogP contribution in [0.3, 0.4) is 0 Å². The smallest absolute Gasteiger partial charge is 0.220 e. The minimum absolute atomic E-state index is 0.181. The third-order valence-corrected chi connectivity index (χ3v) is 1.83. The number of nitrogens with two attached hydrogens (primary N) is 1. The number of hydrogen-bond acceptors (Lipinski definition) is 4. The molecule has 0 aromatic carbocycles. The van der Waals surface area contributed by atoms with E-state index in [9.17, 15) is 0 Å². The molecule has 0 amide bonds. The molecule has 0 spiro atoms. The van der Waals surface area contributed by atoms with E-state index in [0.717, 1.165) is 0 Å². The number of likely N-dealkylation sites (N-methyl/N-ethyl adjacent to an activating group) is 1. The number of hydrazone groups is 1. The average Bonchev–Trinajstić information content (AvgIpc) is 2.30. The number of allylic oxidation sites excluding steroid dienone is 2. The molecular formula is C7H10N4. The number of nitrogens with zero attached hydrogens (tertiary/aromatic N) is 3. The first-order valence-corrected chi connectivity index (χ1v) is 3.49. The highest BCUT2D eigenvalue weighted by Gasteiger charge is 2.27. The van der Waals surface area contributed by atoms with Gasteiger partial charge in [-0.2, -0.15) is 0 Å². The maximum Gasteiger partial charge on any atom is 0.220 e. The van der Waals surface area contributed by atoms with Crippen molar-refractivity contribution in [2.75, 3.05) is 7.05 Å². The van der Waals surface area contributed by atoms with Crippen molar-refractivity contribution in [3.8, 4) is 0 Å². The normalized spacial score (nSPS) is 27.4. The Bertz CT molecular complexity index is 253. The van der Waals surface area contributed by atoms with Crippen LogP contribution in [-0.4, -0.2) is 29.1 Å². The van der Waals surface area contributed by atoms with Crippen molar-refractivity contribution >= 4 is 5.96 Å². The molecule has 2 heterocycles. The Kier molecular flexibility index (Phi) is 1.15. The van der Waals surface area contributed by atoms with Crippen LogP contribution in [0.5, 0.6) is 0 Å². The zero-order chi connectivity index (χ0) is 7.84. The molecule has 0 aromatic heterocycles. The quantitative estimate of drug-likeness (QED) is 0.523. The summed E-state index contributed by atoms with van der Waals surface area (Å²) in [6, 6.07) is 0. The maximum atomic E-state index is 5.63. The summed E-state index contributed by atoms with van der Waals surface area (Å²) in [7, 11) is 1.90. The number of fused-ring (bicyclic) bond motifs is 1. The summed E-state index contributed by atoms with van der Waals surface area (Å²) in [5.74, 6) is 0.554. The molecule has 0 aliphatic carbocycles. The molecule has 0 fully saturated rings. The van der Waals surface area contributed by atoms with Gasteiger partial charge in [-0.05, 0) is 12.2 Å². The van der Waals surface area contributed by atoms with Crippen molar-refractivity contribution in [2.45, 2.75) is 6.17 Å². The summed E-state index contributed by atoms with van der Waals surface area (Å²) in [6.07, 6.45) is 8.08. The fraction of sp³-hybridized carbons (Fsp3) is 0.286. The zero-order valence-electron chi connectivity index (χ0n) is 6.31. The van der Waals surface area contributed by atoms with E-state index in [1.165, 1.54) is 0 Å². The summed E-state index contributed by atoms with van der Waals surface area (Å²) in [5.41, 5.74) is 5.63. The summed E-state index contributed by atoms with van der Waals surface area (Å²) >= 11 is 0. The van der Waals surface area contributed by atoms with E-state index in [4.69, 9.17) is 5.73 Å². The number of rotatable bonds is 0. The van der Waals surface area contributed by atoms with Gasteiger partial charge in [0.1, 0.15) is 6.17 Å². The van der Waals surface area contributed by atoms with Crippen LogP contribution in [-0.2, 0) is 0 Å². The van der Waals surface area contributed by atoms with Gasteiger partial charge in [-0.15, -0.1) is 5.10 Å². The van der Waals surface area contributed by atoms with Crippen molar-refractivity contribution in [2.24, 2.45) is 10.8 Å². The highest BCUT2D eigenvalue weighted by Crippen LogP contribution is 2.16. The van der Waals surface area contributed by atoms with E-state index in [1.807, 2.05) is 41.4 Å². The van der Waals surface area contributed by atoms with E-state index < -0.39 is 0 Å². The standard InChI is InChI=1S/C7H10N4/c1-10-6-4-2-3-5-11(6)7(8)9-10/h2-6H,1H3,(H2,8,9)/t6-/m1/s1. The molecule has 4 nitrogen and oxygen atoms in total. The first kappa shape index (κ1) is 6.27. The van der Waals surface area contributed by atoms with Crippen LogP contribution >= 0.6 is 0 Å². The van der Waals surface area contributed by atoms with Gasteiger partial charge in [-0.25, -0.2) is 0 Å². The van der Waals surface area contributed by atoms with Crippen molar-refractivity contribution in [3.63, 3.8) is 0 Å². The summed E-state index contributed by atoms with van der Waals surface area (Å²) in [4.78, 5) is 1.92. The van der Waals surface area contributed by atoms with E-state index in [0.29, 0.717) is 5.96 Å². The Balaban J connectivity index is 2.31. The Labute approximate surface area is 65.3 Å². The summed E-state index contributed by atoms with van der Waals surface area (Å²) in [6.45, 7) is 0. The molecule has 2 N–H and O–H groups in total. The Morgan fingerprint density at radius 3 is 3.09 bits per heavy atom. The Hall–Kier alpha value is -1.45. The van der Waals surface area contributed by atoms with E-state index in [1.54, 1.807) is 0 Å². The van der Waals surface area contributed by atoms with Crippen molar-refractivity contribution in [1.29, 1.82) is 0 Å². The lowest BCUT2D eigenvalue weighted by Crippen LogP contribution is -2.39. The van der Waals surface area contributed by atoms with Gasteiger partial charge in [0, 0.05) is 13.2 Å². The molecular weight excluding hydrogens is 140 g/mol. The molecule has 2 aliphatic rings. The predicted octanol–water partition coefficient (Wildman–Crippen LogP) is -0.127. The van der Waals surface area contributed by atoms with Crippen LogP contribution in [0.15, 0.2) is 29.5 Å². The fourth-order valence-electron chi connectivity index (χ4n) is 1.28. The SMILES string of the molecule is CN1N=C(N)N2C=CC=C[C@H]12. The number of guanidine groups is 1. The highest BCUT2D eigenvalue weighted by atomic mass is 15.6. The van der Waals surface area contributed by atoms with Crippen molar-refractivity contribution in [3.05, 3.63) is 24.4 Å². The molecule has 0 radical (unpaired) electrons. The fourth-order valence-corrected chi connectivity index (χ4v) is 1.28. The van der Waals surface area contributed by atoms with Crippen LogP contribution in [0.25, 0.3) is 0 Å². The third kappa shape index (κ3) is 0.790. The van der Waals surface area contributed by atoms with Gasteiger partial charge >= 0.3 is 0 Å². The second-order valence-electron chi connectivity index (χ2n) is 2.58. The Morgan fingerprint density at radius 2 is 2.36 bits per heavy atom. The first-order valence-electron chi connectivity index (χ1n) is 3.49. The summed E-state index contributed by atoms with van der Waals surface area (Å²) < 4.78 is 0. The molecule has 58 valence electrons. The molecule has 1 atom stereocenters. The highest BCUT2D eigenvalue weighted by molar-refractivity contribution is 5.81. The molecule has 0 bridgehead atoms. The van der Waals surface area contributed by atoms with Crippen LogP contribution < -0.4 is 5.73 Å². The lowest BCUT2D eigenvalue weighted by molar-refractivity contribution is 0.239. The molecule has 4 heteroatoms. The monoisotopic (exact) mass is 150 g/mol. The van der Waals surface area contributed by atoms with Gasteiger partial charge in [0.25, 0.3) is 0 Å². The lowest BCUT2D eigenvalue weighted by atomic mass is 10.3. The molecule has 11 heavy (non-hydrogen) atoms. The summed E-state index contributed by atoms with van der Waals surface area (Å²) in [5, 5.41) is 5.91. The predicted molar refractivity (Wildman–Crippen MR) is 43.3 cm³/mol. The maximum absolute atomic E-state index is 5.63. The van der Waals surface area contributed by atoms with E-state index in [-0.39, 0.29) is 6.17 Å². The van der Waals surface area contributed by atoms with Gasteiger partial charge in [0.05, 0.1) is 0 Å². The van der Waals surface area contributed by atoms with Crippen LogP contribution in [0.4, 0.5) is 0 Å². The van der Waals surface area contributed by atoms with Crippen molar-refractivity contribution < 1.29 is 0 Å². The molecule has 2 aliphatic heterocycles. The molecule has 0 saturated heterocycles. The second kappa shape index (κ2) is 2.02. The average molecular weight is 150 g/mol. The van der Waals surface area contributed by atoms with Gasteiger partial charge in [-0.3, -0.25) is 9.91 Å². The largest absolute Gasteiger partial charge is 0.368 e. The van der Waals surface area contributed by atoms with Gasteiger partial charge < -0.3 is 5.73 Å².